The standard InChI is InChI=1S/C19H19N3O3S/c1-22-17(23)12-16(18(24)20-13-7-4-3-5-8-13)26-19(22)21-14-9-6-10-15(11-14)25-2/h3-11,16H,12H2,1-2H3,(H,20,24). The molecule has 0 saturated carbocycles. The first-order valence-corrected chi connectivity index (χ1v) is 8.96. The van der Waals surface area contributed by atoms with Crippen LogP contribution in [0.1, 0.15) is 6.42 Å². The number of para-hydroxylation sites is 1. The van der Waals surface area contributed by atoms with Crippen molar-refractivity contribution in [3.8, 4) is 5.75 Å². The van der Waals surface area contributed by atoms with Crippen molar-refractivity contribution in [2.75, 3.05) is 19.5 Å². The number of benzene rings is 2. The van der Waals surface area contributed by atoms with Crippen molar-refractivity contribution < 1.29 is 14.3 Å². The van der Waals surface area contributed by atoms with Crippen LogP contribution in [0.15, 0.2) is 59.6 Å². The van der Waals surface area contributed by atoms with Gasteiger partial charge in [-0.3, -0.25) is 14.5 Å². The zero-order valence-electron chi connectivity index (χ0n) is 14.5. The molecule has 0 radical (unpaired) electrons. The van der Waals surface area contributed by atoms with Crippen LogP contribution in [0.25, 0.3) is 0 Å². The van der Waals surface area contributed by atoms with Crippen molar-refractivity contribution >= 4 is 40.1 Å². The maximum absolute atomic E-state index is 12.5. The van der Waals surface area contributed by atoms with Gasteiger partial charge in [-0.15, -0.1) is 0 Å². The molecule has 1 unspecified atom stereocenters. The Hall–Kier alpha value is -2.80. The highest BCUT2D eigenvalue weighted by Gasteiger charge is 2.34. The van der Waals surface area contributed by atoms with Gasteiger partial charge in [-0.1, -0.05) is 36.0 Å². The molecule has 0 spiro atoms. The highest BCUT2D eigenvalue weighted by atomic mass is 32.2. The van der Waals surface area contributed by atoms with E-state index in [2.05, 4.69) is 10.3 Å². The van der Waals surface area contributed by atoms with E-state index in [4.69, 9.17) is 4.74 Å². The summed E-state index contributed by atoms with van der Waals surface area (Å²) in [6.07, 6.45) is 0.136. The lowest BCUT2D eigenvalue weighted by Crippen LogP contribution is -2.43. The minimum absolute atomic E-state index is 0.136. The third kappa shape index (κ3) is 4.23. The Bertz CT molecular complexity index is 839. The molecule has 3 rings (SSSR count). The number of hydrogen-bond donors (Lipinski definition) is 1. The Balaban J connectivity index is 1.79. The van der Waals surface area contributed by atoms with E-state index in [1.165, 1.54) is 16.7 Å². The number of methoxy groups -OCH3 is 1. The maximum atomic E-state index is 12.5. The third-order valence-electron chi connectivity index (χ3n) is 3.88. The summed E-state index contributed by atoms with van der Waals surface area (Å²) in [6.45, 7) is 0. The van der Waals surface area contributed by atoms with Gasteiger partial charge in [0.05, 0.1) is 12.8 Å². The van der Waals surface area contributed by atoms with Crippen molar-refractivity contribution in [1.29, 1.82) is 0 Å². The largest absolute Gasteiger partial charge is 0.497 e. The molecule has 2 aromatic carbocycles. The van der Waals surface area contributed by atoms with Gasteiger partial charge >= 0.3 is 0 Å². The molecule has 1 aliphatic heterocycles. The zero-order valence-corrected chi connectivity index (χ0v) is 15.3. The minimum Gasteiger partial charge on any atom is -0.497 e. The molecule has 1 saturated heterocycles. The number of carbonyl (C=O) groups excluding carboxylic acids is 2. The SMILES string of the molecule is COc1cccc(N=C2SC(C(=O)Nc3ccccc3)CC(=O)N2C)c1. The van der Waals surface area contributed by atoms with E-state index in [9.17, 15) is 9.59 Å². The molecule has 134 valence electrons. The lowest BCUT2D eigenvalue weighted by molar-refractivity contribution is -0.128. The van der Waals surface area contributed by atoms with Crippen molar-refractivity contribution in [2.45, 2.75) is 11.7 Å². The van der Waals surface area contributed by atoms with Gasteiger partial charge in [-0.25, -0.2) is 4.99 Å². The van der Waals surface area contributed by atoms with Crippen LogP contribution in [-0.2, 0) is 9.59 Å². The molecule has 2 aromatic rings. The van der Waals surface area contributed by atoms with Gasteiger partial charge in [0.15, 0.2) is 5.17 Å². The molecular formula is C19H19N3O3S. The first kappa shape index (κ1) is 18.0. The number of nitrogens with one attached hydrogen (secondary N) is 1. The second kappa shape index (κ2) is 8.05. The molecule has 1 N–H and O–H groups in total. The number of hydrogen-bond acceptors (Lipinski definition) is 5. The lowest BCUT2D eigenvalue weighted by Gasteiger charge is -2.28. The number of amides is 2. The van der Waals surface area contributed by atoms with Crippen molar-refractivity contribution in [3.63, 3.8) is 0 Å². The fourth-order valence-electron chi connectivity index (χ4n) is 2.43. The summed E-state index contributed by atoms with van der Waals surface area (Å²) < 4.78 is 5.20. The van der Waals surface area contributed by atoms with Crippen LogP contribution in [-0.4, -0.2) is 41.3 Å². The summed E-state index contributed by atoms with van der Waals surface area (Å²) in [5, 5.41) is 2.81. The molecule has 1 fully saturated rings. The van der Waals surface area contributed by atoms with E-state index in [1.807, 2.05) is 48.5 Å². The summed E-state index contributed by atoms with van der Waals surface area (Å²) in [7, 11) is 3.25. The molecule has 2 amide bonds. The molecule has 1 heterocycles. The highest BCUT2D eigenvalue weighted by Crippen LogP contribution is 2.29. The topological polar surface area (TPSA) is 71.0 Å². The quantitative estimate of drug-likeness (QED) is 0.898. The molecule has 6 nitrogen and oxygen atoms in total. The molecule has 1 aliphatic rings. The van der Waals surface area contributed by atoms with E-state index in [-0.39, 0.29) is 18.2 Å². The number of carbonyl (C=O) groups is 2. The molecule has 0 aliphatic carbocycles. The molecule has 26 heavy (non-hydrogen) atoms. The van der Waals surface area contributed by atoms with Crippen LogP contribution in [0.3, 0.4) is 0 Å². The van der Waals surface area contributed by atoms with Gasteiger partial charge in [0.2, 0.25) is 11.8 Å². The first-order valence-electron chi connectivity index (χ1n) is 8.08. The Morgan fingerprint density at radius 3 is 2.73 bits per heavy atom. The fraction of sp³-hybridized carbons (Fsp3) is 0.211. The monoisotopic (exact) mass is 369 g/mol. The molecule has 7 heteroatoms. The number of rotatable bonds is 4. The zero-order chi connectivity index (χ0) is 18.5. The third-order valence-corrected chi connectivity index (χ3v) is 5.12. The van der Waals surface area contributed by atoms with Crippen LogP contribution in [0.2, 0.25) is 0 Å². The van der Waals surface area contributed by atoms with Gasteiger partial charge in [-0.05, 0) is 24.3 Å². The number of thioether (sulfide) groups is 1. The summed E-state index contributed by atoms with van der Waals surface area (Å²) in [6, 6.07) is 16.4. The van der Waals surface area contributed by atoms with E-state index in [0.717, 1.165) is 0 Å². The van der Waals surface area contributed by atoms with Gasteiger partial charge < -0.3 is 10.1 Å². The maximum Gasteiger partial charge on any atom is 0.238 e. The molecular weight excluding hydrogens is 350 g/mol. The molecule has 0 aromatic heterocycles. The van der Waals surface area contributed by atoms with Crippen LogP contribution in [0, 0.1) is 0 Å². The van der Waals surface area contributed by atoms with Crippen LogP contribution < -0.4 is 10.1 Å². The normalized spacial score (nSPS) is 18.7. The van der Waals surface area contributed by atoms with Gasteiger partial charge in [0.1, 0.15) is 11.0 Å². The summed E-state index contributed by atoms with van der Waals surface area (Å²) in [5.41, 5.74) is 1.37. The van der Waals surface area contributed by atoms with Crippen LogP contribution in [0.5, 0.6) is 5.75 Å². The molecule has 0 bridgehead atoms. The Morgan fingerprint density at radius 1 is 1.23 bits per heavy atom. The first-order chi connectivity index (χ1) is 12.6. The summed E-state index contributed by atoms with van der Waals surface area (Å²) in [4.78, 5) is 30.9. The Labute approximate surface area is 156 Å². The number of nitrogens with zero attached hydrogens (tertiary/aromatic N) is 2. The van der Waals surface area contributed by atoms with E-state index in [1.54, 1.807) is 20.2 Å². The second-order valence-corrected chi connectivity index (χ2v) is 6.88. The number of anilines is 1. The van der Waals surface area contributed by atoms with Gasteiger partial charge in [-0.2, -0.15) is 0 Å². The van der Waals surface area contributed by atoms with Gasteiger partial charge in [0.25, 0.3) is 0 Å². The van der Waals surface area contributed by atoms with Gasteiger partial charge in [0, 0.05) is 25.2 Å². The Kier molecular flexibility index (Phi) is 5.58. The average molecular weight is 369 g/mol. The average Bonchev–Trinajstić information content (AvgIpc) is 2.66. The predicted molar refractivity (Wildman–Crippen MR) is 104 cm³/mol. The number of aliphatic imine (C=N–C) groups is 1. The second-order valence-electron chi connectivity index (χ2n) is 5.71. The summed E-state index contributed by atoms with van der Waals surface area (Å²) >= 11 is 1.28. The van der Waals surface area contributed by atoms with Crippen molar-refractivity contribution in [1.82, 2.24) is 4.90 Å². The summed E-state index contributed by atoms with van der Waals surface area (Å²) in [5.74, 6) is 0.333. The smallest absolute Gasteiger partial charge is 0.238 e. The van der Waals surface area contributed by atoms with E-state index in [0.29, 0.717) is 22.3 Å². The Morgan fingerprint density at radius 2 is 2.00 bits per heavy atom. The fourth-order valence-corrected chi connectivity index (χ4v) is 3.50. The number of amidine groups is 1. The van der Waals surface area contributed by atoms with Crippen molar-refractivity contribution in [3.05, 3.63) is 54.6 Å². The number of ether oxygens (including phenoxy) is 1. The highest BCUT2D eigenvalue weighted by molar-refractivity contribution is 8.15. The lowest BCUT2D eigenvalue weighted by atomic mass is 10.2. The van der Waals surface area contributed by atoms with E-state index >= 15 is 0 Å². The minimum atomic E-state index is -0.525. The van der Waals surface area contributed by atoms with Crippen molar-refractivity contribution in [2.24, 2.45) is 4.99 Å². The molecule has 1 atom stereocenters. The van der Waals surface area contributed by atoms with Crippen LogP contribution >= 0.6 is 11.8 Å². The van der Waals surface area contributed by atoms with Crippen LogP contribution in [0.4, 0.5) is 11.4 Å². The predicted octanol–water partition coefficient (Wildman–Crippen LogP) is 3.29. The van der Waals surface area contributed by atoms with E-state index < -0.39 is 5.25 Å².